The van der Waals surface area contributed by atoms with E-state index in [1.165, 1.54) is 25.7 Å². The second-order valence-electron chi connectivity index (χ2n) is 5.21. The molecule has 1 saturated heterocycles. The molecule has 0 aromatic heterocycles. The molecule has 1 aliphatic rings. The minimum Gasteiger partial charge on any atom is -0.369 e. The van der Waals surface area contributed by atoms with Gasteiger partial charge in [0, 0.05) is 19.6 Å². The van der Waals surface area contributed by atoms with Crippen LogP contribution < -0.4 is 10.6 Å². The van der Waals surface area contributed by atoms with E-state index in [1.54, 1.807) is 6.07 Å². The van der Waals surface area contributed by atoms with Gasteiger partial charge in [-0.25, -0.2) is 4.39 Å². The van der Waals surface area contributed by atoms with E-state index in [4.69, 9.17) is 5.73 Å². The van der Waals surface area contributed by atoms with E-state index in [9.17, 15) is 4.39 Å². The second kappa shape index (κ2) is 6.19. The molecule has 0 aliphatic carbocycles. The van der Waals surface area contributed by atoms with Gasteiger partial charge in [0.15, 0.2) is 0 Å². The Hall–Kier alpha value is -1.09. The number of anilines is 1. The van der Waals surface area contributed by atoms with Gasteiger partial charge in [-0.15, -0.1) is 0 Å². The van der Waals surface area contributed by atoms with Crippen molar-refractivity contribution in [2.45, 2.75) is 39.2 Å². The monoisotopic (exact) mass is 250 g/mol. The van der Waals surface area contributed by atoms with E-state index in [1.807, 2.05) is 12.1 Å². The van der Waals surface area contributed by atoms with E-state index in [-0.39, 0.29) is 5.82 Å². The van der Waals surface area contributed by atoms with Crippen molar-refractivity contribution in [1.82, 2.24) is 0 Å². The van der Waals surface area contributed by atoms with Gasteiger partial charge >= 0.3 is 0 Å². The van der Waals surface area contributed by atoms with Crippen molar-refractivity contribution >= 4 is 5.69 Å². The van der Waals surface area contributed by atoms with Gasteiger partial charge in [-0.05, 0) is 36.5 Å². The molecule has 1 aliphatic heterocycles. The van der Waals surface area contributed by atoms with Crippen LogP contribution in [0.3, 0.4) is 0 Å². The lowest BCUT2D eigenvalue weighted by Crippen LogP contribution is -2.34. The summed E-state index contributed by atoms with van der Waals surface area (Å²) in [6.07, 6.45) is 4.94. The maximum absolute atomic E-state index is 14.0. The Morgan fingerprint density at radius 1 is 1.33 bits per heavy atom. The summed E-state index contributed by atoms with van der Waals surface area (Å²) in [5, 5.41) is 0. The standard InChI is InChI=1S/C15H23FN2/c1-2-3-12-6-8-18(9-7-12)15-5-4-13(11-17)10-14(15)16/h4-5,10,12H,2-3,6-9,11,17H2,1H3. The number of hydrogen-bond acceptors (Lipinski definition) is 2. The maximum Gasteiger partial charge on any atom is 0.146 e. The first kappa shape index (κ1) is 13.3. The molecule has 0 saturated carbocycles. The largest absolute Gasteiger partial charge is 0.369 e. The summed E-state index contributed by atoms with van der Waals surface area (Å²) >= 11 is 0. The topological polar surface area (TPSA) is 29.3 Å². The molecule has 1 aromatic rings. The van der Waals surface area contributed by atoms with Gasteiger partial charge in [-0.3, -0.25) is 0 Å². The smallest absolute Gasteiger partial charge is 0.146 e. The molecule has 100 valence electrons. The fourth-order valence-electron chi connectivity index (χ4n) is 2.80. The molecule has 0 unspecified atom stereocenters. The quantitative estimate of drug-likeness (QED) is 0.888. The molecule has 1 heterocycles. The number of nitrogens with two attached hydrogens (primary N) is 1. The number of halogens is 1. The lowest BCUT2D eigenvalue weighted by atomic mass is 9.92. The minimum absolute atomic E-state index is 0.133. The molecule has 0 radical (unpaired) electrons. The van der Waals surface area contributed by atoms with E-state index < -0.39 is 0 Å². The van der Waals surface area contributed by atoms with Crippen molar-refractivity contribution in [1.29, 1.82) is 0 Å². The third-order valence-electron chi connectivity index (χ3n) is 3.90. The summed E-state index contributed by atoms with van der Waals surface area (Å²) in [5.41, 5.74) is 7.12. The maximum atomic E-state index is 14.0. The van der Waals surface area contributed by atoms with Crippen LogP contribution in [0, 0.1) is 11.7 Å². The molecule has 2 N–H and O–H groups in total. The first-order valence-corrected chi connectivity index (χ1v) is 6.98. The third kappa shape index (κ3) is 3.02. The highest BCUT2D eigenvalue weighted by Gasteiger charge is 2.20. The highest BCUT2D eigenvalue weighted by atomic mass is 19.1. The van der Waals surface area contributed by atoms with Gasteiger partial charge in [-0.1, -0.05) is 25.8 Å². The fourth-order valence-corrected chi connectivity index (χ4v) is 2.80. The Balaban J connectivity index is 2.01. The van der Waals surface area contributed by atoms with Gasteiger partial charge in [0.2, 0.25) is 0 Å². The summed E-state index contributed by atoms with van der Waals surface area (Å²) < 4.78 is 14.0. The van der Waals surface area contributed by atoms with Gasteiger partial charge in [-0.2, -0.15) is 0 Å². The number of benzene rings is 1. The fraction of sp³-hybridized carbons (Fsp3) is 0.600. The van der Waals surface area contributed by atoms with Crippen molar-refractivity contribution in [3.63, 3.8) is 0 Å². The zero-order chi connectivity index (χ0) is 13.0. The summed E-state index contributed by atoms with van der Waals surface area (Å²) in [7, 11) is 0. The average molecular weight is 250 g/mol. The zero-order valence-electron chi connectivity index (χ0n) is 11.2. The number of hydrogen-bond donors (Lipinski definition) is 1. The Morgan fingerprint density at radius 3 is 2.61 bits per heavy atom. The van der Waals surface area contributed by atoms with Crippen LogP contribution in [-0.4, -0.2) is 13.1 Å². The molecule has 0 atom stereocenters. The molecular weight excluding hydrogens is 227 g/mol. The van der Waals surface area contributed by atoms with Crippen molar-refractivity contribution in [3.05, 3.63) is 29.6 Å². The van der Waals surface area contributed by atoms with Crippen LogP contribution in [0.5, 0.6) is 0 Å². The molecule has 18 heavy (non-hydrogen) atoms. The number of piperidine rings is 1. The highest BCUT2D eigenvalue weighted by Crippen LogP contribution is 2.28. The van der Waals surface area contributed by atoms with Crippen LogP contribution in [0.1, 0.15) is 38.2 Å². The predicted molar refractivity (Wildman–Crippen MR) is 74.1 cm³/mol. The average Bonchev–Trinajstić information content (AvgIpc) is 2.40. The summed E-state index contributed by atoms with van der Waals surface area (Å²) in [6.45, 7) is 4.58. The molecular formula is C15H23FN2. The second-order valence-corrected chi connectivity index (χ2v) is 5.21. The molecule has 0 amide bonds. The molecule has 1 fully saturated rings. The Bertz CT molecular complexity index is 384. The van der Waals surface area contributed by atoms with Crippen LogP contribution in [0.4, 0.5) is 10.1 Å². The van der Waals surface area contributed by atoms with Crippen molar-refractivity contribution in [2.75, 3.05) is 18.0 Å². The normalized spacial score (nSPS) is 17.2. The molecule has 0 bridgehead atoms. The minimum atomic E-state index is -0.133. The van der Waals surface area contributed by atoms with Crippen LogP contribution in [0.2, 0.25) is 0 Å². The molecule has 3 heteroatoms. The van der Waals surface area contributed by atoms with Gasteiger partial charge < -0.3 is 10.6 Å². The molecule has 2 rings (SSSR count). The van der Waals surface area contributed by atoms with Crippen molar-refractivity contribution in [2.24, 2.45) is 11.7 Å². The van der Waals surface area contributed by atoms with Crippen molar-refractivity contribution in [3.8, 4) is 0 Å². The van der Waals surface area contributed by atoms with E-state index in [0.717, 1.165) is 30.3 Å². The van der Waals surface area contributed by atoms with Gasteiger partial charge in [0.1, 0.15) is 5.82 Å². The molecule has 1 aromatic carbocycles. The van der Waals surface area contributed by atoms with Crippen LogP contribution >= 0.6 is 0 Å². The van der Waals surface area contributed by atoms with Gasteiger partial charge in [0.05, 0.1) is 5.69 Å². The van der Waals surface area contributed by atoms with Crippen LogP contribution in [0.25, 0.3) is 0 Å². The number of nitrogens with zero attached hydrogens (tertiary/aromatic N) is 1. The summed E-state index contributed by atoms with van der Waals surface area (Å²) in [4.78, 5) is 2.17. The molecule has 0 spiro atoms. The van der Waals surface area contributed by atoms with E-state index in [2.05, 4.69) is 11.8 Å². The third-order valence-corrected chi connectivity index (χ3v) is 3.90. The predicted octanol–water partition coefficient (Wildman–Crippen LogP) is 3.30. The number of rotatable bonds is 4. The van der Waals surface area contributed by atoms with E-state index >= 15 is 0 Å². The Kier molecular flexibility index (Phi) is 4.59. The van der Waals surface area contributed by atoms with Crippen LogP contribution in [0.15, 0.2) is 18.2 Å². The lowest BCUT2D eigenvalue weighted by Gasteiger charge is -2.33. The zero-order valence-corrected chi connectivity index (χ0v) is 11.2. The molecule has 2 nitrogen and oxygen atoms in total. The lowest BCUT2D eigenvalue weighted by molar-refractivity contribution is 0.376. The van der Waals surface area contributed by atoms with E-state index in [0.29, 0.717) is 6.54 Å². The summed E-state index contributed by atoms with van der Waals surface area (Å²) in [5.74, 6) is 0.699. The first-order valence-electron chi connectivity index (χ1n) is 6.98. The SMILES string of the molecule is CCCC1CCN(c2ccc(CN)cc2F)CC1. The Labute approximate surface area is 109 Å². The van der Waals surface area contributed by atoms with Gasteiger partial charge in [0.25, 0.3) is 0 Å². The van der Waals surface area contributed by atoms with Crippen LogP contribution in [-0.2, 0) is 6.54 Å². The summed E-state index contributed by atoms with van der Waals surface area (Å²) in [6, 6.07) is 5.36. The highest BCUT2D eigenvalue weighted by molar-refractivity contribution is 5.49. The van der Waals surface area contributed by atoms with Crippen molar-refractivity contribution < 1.29 is 4.39 Å². The first-order chi connectivity index (χ1) is 8.74. The Morgan fingerprint density at radius 2 is 2.06 bits per heavy atom.